The Morgan fingerprint density at radius 2 is 2.19 bits per heavy atom. The number of aryl methyl sites for hydroxylation is 2. The van der Waals surface area contributed by atoms with Crippen molar-refractivity contribution in [1.29, 1.82) is 0 Å². The molecule has 112 valence electrons. The Labute approximate surface area is 124 Å². The third-order valence-electron chi connectivity index (χ3n) is 4.09. The lowest BCUT2D eigenvalue weighted by atomic mass is 10.1. The van der Waals surface area contributed by atoms with Crippen molar-refractivity contribution in [3.63, 3.8) is 0 Å². The lowest BCUT2D eigenvalue weighted by Gasteiger charge is -2.15. The number of benzene rings is 1. The van der Waals surface area contributed by atoms with Gasteiger partial charge in [0.05, 0.1) is 6.54 Å². The Morgan fingerprint density at radius 3 is 3.05 bits per heavy atom. The van der Waals surface area contributed by atoms with Crippen LogP contribution in [0.15, 0.2) is 18.2 Å². The number of fused-ring (bicyclic) bond motifs is 1. The minimum atomic E-state index is -0.167. The zero-order valence-electron chi connectivity index (χ0n) is 12.4. The van der Waals surface area contributed by atoms with E-state index in [2.05, 4.69) is 20.1 Å². The van der Waals surface area contributed by atoms with Gasteiger partial charge in [0.2, 0.25) is 0 Å². The van der Waals surface area contributed by atoms with Crippen LogP contribution in [-0.2, 0) is 25.9 Å². The first kappa shape index (κ1) is 14.2. The summed E-state index contributed by atoms with van der Waals surface area (Å²) in [5, 5.41) is 11.9. The van der Waals surface area contributed by atoms with Crippen LogP contribution in [0.3, 0.4) is 0 Å². The van der Waals surface area contributed by atoms with Crippen LogP contribution in [0.5, 0.6) is 0 Å². The average Bonchev–Trinajstić information content (AvgIpc) is 2.89. The van der Waals surface area contributed by atoms with E-state index >= 15 is 0 Å². The molecule has 0 aliphatic carbocycles. The van der Waals surface area contributed by atoms with Crippen LogP contribution in [0, 0.1) is 12.7 Å². The highest BCUT2D eigenvalue weighted by Crippen LogP contribution is 2.14. The Bertz CT molecular complexity index is 621. The molecule has 0 atom stereocenters. The molecule has 2 aromatic rings. The first-order valence-corrected chi connectivity index (χ1v) is 7.61. The molecule has 5 heteroatoms. The maximum atomic E-state index is 13.0. The number of rotatable bonds is 5. The van der Waals surface area contributed by atoms with Crippen molar-refractivity contribution < 1.29 is 4.39 Å². The van der Waals surface area contributed by atoms with Gasteiger partial charge in [-0.25, -0.2) is 4.39 Å². The molecule has 3 rings (SSSR count). The number of hydrogen-bond donors (Lipinski definition) is 1. The van der Waals surface area contributed by atoms with Crippen molar-refractivity contribution in [2.24, 2.45) is 0 Å². The minimum absolute atomic E-state index is 0.167. The Morgan fingerprint density at radius 1 is 1.29 bits per heavy atom. The van der Waals surface area contributed by atoms with Crippen molar-refractivity contribution in [3.05, 3.63) is 46.8 Å². The van der Waals surface area contributed by atoms with Gasteiger partial charge >= 0.3 is 0 Å². The zero-order chi connectivity index (χ0) is 14.7. The summed E-state index contributed by atoms with van der Waals surface area (Å²) in [6.07, 6.45) is 4.37. The average molecular weight is 288 g/mol. The quantitative estimate of drug-likeness (QED) is 0.859. The number of aromatic nitrogens is 3. The van der Waals surface area contributed by atoms with Crippen LogP contribution in [-0.4, -0.2) is 21.3 Å². The molecule has 0 amide bonds. The number of hydrogen-bond acceptors (Lipinski definition) is 3. The van der Waals surface area contributed by atoms with Gasteiger partial charge in [-0.1, -0.05) is 6.07 Å². The maximum Gasteiger partial charge on any atom is 0.147 e. The topological polar surface area (TPSA) is 42.7 Å². The van der Waals surface area contributed by atoms with Crippen LogP contribution in [0.1, 0.15) is 35.6 Å². The fourth-order valence-corrected chi connectivity index (χ4v) is 2.86. The second kappa shape index (κ2) is 6.35. The smallest absolute Gasteiger partial charge is 0.147 e. The van der Waals surface area contributed by atoms with Crippen molar-refractivity contribution in [1.82, 2.24) is 20.1 Å². The molecule has 1 aliphatic rings. The molecular formula is C16H21FN4. The van der Waals surface area contributed by atoms with Crippen molar-refractivity contribution in [2.45, 2.75) is 45.7 Å². The van der Waals surface area contributed by atoms with E-state index in [9.17, 15) is 4.39 Å². The highest BCUT2D eigenvalue weighted by molar-refractivity contribution is 5.26. The van der Waals surface area contributed by atoms with Crippen LogP contribution < -0.4 is 5.32 Å². The molecule has 1 aromatic carbocycles. The highest BCUT2D eigenvalue weighted by Gasteiger charge is 2.14. The molecule has 2 heterocycles. The molecule has 21 heavy (non-hydrogen) atoms. The van der Waals surface area contributed by atoms with Gasteiger partial charge in [-0.3, -0.25) is 0 Å². The Balaban J connectivity index is 1.51. The highest BCUT2D eigenvalue weighted by atomic mass is 19.1. The summed E-state index contributed by atoms with van der Waals surface area (Å²) in [5.74, 6) is 1.98. The monoisotopic (exact) mass is 288 g/mol. The molecule has 0 unspecified atom stereocenters. The maximum absolute atomic E-state index is 13.0. The Hall–Kier alpha value is -1.75. The van der Waals surface area contributed by atoms with Gasteiger partial charge in [0.25, 0.3) is 0 Å². The largest absolute Gasteiger partial charge is 0.314 e. The predicted octanol–water partition coefficient (Wildman–Crippen LogP) is 2.39. The van der Waals surface area contributed by atoms with E-state index in [4.69, 9.17) is 0 Å². The van der Waals surface area contributed by atoms with Crippen molar-refractivity contribution in [2.75, 3.05) is 6.54 Å². The van der Waals surface area contributed by atoms with E-state index in [0.29, 0.717) is 0 Å². The van der Waals surface area contributed by atoms with Gasteiger partial charge in [0, 0.05) is 13.0 Å². The van der Waals surface area contributed by atoms with Crippen LogP contribution in [0.4, 0.5) is 4.39 Å². The first-order chi connectivity index (χ1) is 10.2. The molecular weight excluding hydrogens is 267 g/mol. The van der Waals surface area contributed by atoms with Crippen LogP contribution in [0.2, 0.25) is 0 Å². The van der Waals surface area contributed by atoms with E-state index in [-0.39, 0.29) is 5.82 Å². The fourth-order valence-electron chi connectivity index (χ4n) is 2.86. The standard InChI is InChI=1S/C16H21FN4/c1-12-10-14(17)6-5-13(12)7-8-18-11-16-20-19-15-4-2-3-9-21(15)16/h5-6,10,18H,2-4,7-9,11H2,1H3. The SMILES string of the molecule is Cc1cc(F)ccc1CCNCc1nnc2n1CCCC2. The lowest BCUT2D eigenvalue weighted by molar-refractivity contribution is 0.498. The lowest BCUT2D eigenvalue weighted by Crippen LogP contribution is -2.21. The Kier molecular flexibility index (Phi) is 4.29. The molecule has 0 spiro atoms. The van der Waals surface area contributed by atoms with Gasteiger partial charge < -0.3 is 9.88 Å². The summed E-state index contributed by atoms with van der Waals surface area (Å²) in [6, 6.07) is 4.98. The van der Waals surface area contributed by atoms with Crippen LogP contribution >= 0.6 is 0 Å². The second-order valence-corrected chi connectivity index (χ2v) is 5.64. The molecule has 0 radical (unpaired) electrons. The van der Waals surface area contributed by atoms with E-state index in [1.807, 2.05) is 13.0 Å². The first-order valence-electron chi connectivity index (χ1n) is 7.61. The summed E-state index contributed by atoms with van der Waals surface area (Å²) in [6.45, 7) is 4.59. The second-order valence-electron chi connectivity index (χ2n) is 5.64. The van der Waals surface area contributed by atoms with E-state index < -0.39 is 0 Å². The van der Waals surface area contributed by atoms with E-state index in [1.54, 1.807) is 6.07 Å². The summed E-state index contributed by atoms with van der Waals surface area (Å²) < 4.78 is 15.3. The molecule has 0 bridgehead atoms. The number of halogens is 1. The van der Waals surface area contributed by atoms with Gasteiger partial charge in [-0.15, -0.1) is 10.2 Å². The molecule has 4 nitrogen and oxygen atoms in total. The zero-order valence-corrected chi connectivity index (χ0v) is 12.4. The molecule has 1 aliphatic heterocycles. The van der Waals surface area contributed by atoms with Crippen molar-refractivity contribution in [3.8, 4) is 0 Å². The van der Waals surface area contributed by atoms with Gasteiger partial charge in [-0.05, 0) is 56.0 Å². The molecule has 1 aromatic heterocycles. The summed E-state index contributed by atoms with van der Waals surface area (Å²) in [7, 11) is 0. The van der Waals surface area contributed by atoms with Crippen molar-refractivity contribution >= 4 is 0 Å². The van der Waals surface area contributed by atoms with Gasteiger partial charge in [-0.2, -0.15) is 0 Å². The minimum Gasteiger partial charge on any atom is -0.314 e. The normalized spacial score (nSPS) is 14.2. The fraction of sp³-hybridized carbons (Fsp3) is 0.500. The van der Waals surface area contributed by atoms with E-state index in [1.165, 1.54) is 24.5 Å². The summed E-state index contributed by atoms with van der Waals surface area (Å²) in [4.78, 5) is 0. The molecule has 0 saturated carbocycles. The third-order valence-corrected chi connectivity index (χ3v) is 4.09. The molecule has 1 N–H and O–H groups in total. The molecule has 0 saturated heterocycles. The van der Waals surface area contributed by atoms with Gasteiger partial charge in [0.1, 0.15) is 17.5 Å². The van der Waals surface area contributed by atoms with Gasteiger partial charge in [0.15, 0.2) is 0 Å². The summed E-state index contributed by atoms with van der Waals surface area (Å²) >= 11 is 0. The predicted molar refractivity (Wildman–Crippen MR) is 79.5 cm³/mol. The van der Waals surface area contributed by atoms with Crippen LogP contribution in [0.25, 0.3) is 0 Å². The van der Waals surface area contributed by atoms with E-state index in [0.717, 1.165) is 49.7 Å². The third kappa shape index (κ3) is 3.29. The molecule has 0 fully saturated rings. The summed E-state index contributed by atoms with van der Waals surface area (Å²) in [5.41, 5.74) is 2.20. The number of nitrogens with zero attached hydrogens (tertiary/aromatic N) is 3. The number of nitrogens with one attached hydrogen (secondary N) is 1.